The molecule has 0 aromatic heterocycles. The minimum Gasteiger partial charge on any atom is -0.350 e. The lowest BCUT2D eigenvalue weighted by Gasteiger charge is -2.26. The highest BCUT2D eigenvalue weighted by molar-refractivity contribution is 5.95. The molecule has 0 saturated heterocycles. The van der Waals surface area contributed by atoms with Crippen molar-refractivity contribution in [1.82, 2.24) is 5.32 Å². The number of hydrogen-bond acceptors (Lipinski definition) is 4. The summed E-state index contributed by atoms with van der Waals surface area (Å²) in [5.41, 5.74) is 6.57. The molecule has 3 N–H and O–H groups in total. The first kappa shape index (κ1) is 20.3. The van der Waals surface area contributed by atoms with E-state index in [9.17, 15) is 14.9 Å². The maximum absolute atomic E-state index is 12.1. The zero-order valence-electron chi connectivity index (χ0n) is 13.2. The second kappa shape index (κ2) is 8.70. The summed E-state index contributed by atoms with van der Waals surface area (Å²) in [7, 11) is 0. The largest absolute Gasteiger partial charge is 0.350 e. The van der Waals surface area contributed by atoms with E-state index in [4.69, 9.17) is 5.73 Å². The summed E-state index contributed by atoms with van der Waals surface area (Å²) in [6.45, 7) is 6.13. The maximum atomic E-state index is 12.1. The third-order valence-corrected chi connectivity index (χ3v) is 3.93. The van der Waals surface area contributed by atoms with Crippen LogP contribution in [0.5, 0.6) is 0 Å². The molecule has 22 heavy (non-hydrogen) atoms. The molecule has 0 radical (unpaired) electrons. The number of nitrogens with zero attached hydrogens (tertiary/aromatic N) is 1. The average Bonchev–Trinajstić information content (AvgIpc) is 2.51. The van der Waals surface area contributed by atoms with Gasteiger partial charge in [0.15, 0.2) is 0 Å². The van der Waals surface area contributed by atoms with Crippen LogP contribution in [-0.4, -0.2) is 22.9 Å². The molecule has 0 aliphatic rings. The summed E-state index contributed by atoms with van der Waals surface area (Å²) < 4.78 is 0. The van der Waals surface area contributed by atoms with Gasteiger partial charge in [0.05, 0.1) is 4.92 Å². The van der Waals surface area contributed by atoms with E-state index in [0.29, 0.717) is 18.5 Å². The zero-order chi connectivity index (χ0) is 16.0. The molecule has 0 saturated carbocycles. The van der Waals surface area contributed by atoms with Gasteiger partial charge < -0.3 is 11.1 Å². The number of rotatable bonds is 7. The Labute approximate surface area is 137 Å². The Kier molecular flexibility index (Phi) is 8.05. The number of carbonyl (C=O) groups is 1. The number of aryl methyl sites for hydroxylation is 1. The van der Waals surface area contributed by atoms with Crippen molar-refractivity contribution in [1.29, 1.82) is 0 Å². The van der Waals surface area contributed by atoms with Crippen LogP contribution in [0.3, 0.4) is 0 Å². The lowest BCUT2D eigenvalue weighted by molar-refractivity contribution is -0.385. The number of nitro benzene ring substituents is 1. The Morgan fingerprint density at radius 2 is 1.91 bits per heavy atom. The van der Waals surface area contributed by atoms with E-state index in [1.165, 1.54) is 6.07 Å². The molecule has 0 fully saturated rings. The molecule has 0 aliphatic heterocycles. The van der Waals surface area contributed by atoms with Gasteiger partial charge in [0.25, 0.3) is 11.6 Å². The zero-order valence-corrected chi connectivity index (χ0v) is 14.0. The molecular formula is C15H24ClN3O3. The molecular weight excluding hydrogens is 306 g/mol. The van der Waals surface area contributed by atoms with Crippen LogP contribution in [0.4, 0.5) is 5.69 Å². The highest BCUT2D eigenvalue weighted by Gasteiger charge is 2.22. The predicted molar refractivity (Wildman–Crippen MR) is 89.6 cm³/mol. The topological polar surface area (TPSA) is 98.3 Å². The first-order chi connectivity index (χ1) is 9.86. The van der Waals surface area contributed by atoms with E-state index in [0.717, 1.165) is 12.8 Å². The molecule has 1 aromatic rings. The van der Waals surface area contributed by atoms with Crippen molar-refractivity contribution < 1.29 is 9.72 Å². The molecule has 6 nitrogen and oxygen atoms in total. The molecule has 0 spiro atoms. The summed E-state index contributed by atoms with van der Waals surface area (Å²) in [4.78, 5) is 22.7. The Morgan fingerprint density at radius 1 is 1.32 bits per heavy atom. The van der Waals surface area contributed by atoms with Gasteiger partial charge in [-0.15, -0.1) is 12.4 Å². The van der Waals surface area contributed by atoms with Crippen molar-refractivity contribution in [2.45, 2.75) is 45.6 Å². The number of amides is 1. The lowest BCUT2D eigenvalue weighted by atomic mass is 9.94. The van der Waals surface area contributed by atoms with Crippen LogP contribution in [0.25, 0.3) is 0 Å². The van der Waals surface area contributed by atoms with Crippen LogP contribution in [0.1, 0.15) is 49.5 Å². The Morgan fingerprint density at radius 3 is 2.36 bits per heavy atom. The fourth-order valence-corrected chi connectivity index (χ4v) is 2.03. The molecule has 7 heteroatoms. The molecule has 0 bridgehead atoms. The summed E-state index contributed by atoms with van der Waals surface area (Å²) in [6.07, 6.45) is 2.05. The standard InChI is InChI=1S/C15H23N3O3.ClH/c1-4-11-7-8-12(9-13(11)18(20)21)14(19)17-10-15(16,5-2)6-3;/h7-9H,4-6,10,16H2,1-3H3,(H,17,19);1H. The van der Waals surface area contributed by atoms with Gasteiger partial charge in [0, 0.05) is 29.3 Å². The quantitative estimate of drug-likeness (QED) is 0.593. The van der Waals surface area contributed by atoms with Crippen molar-refractivity contribution in [2.24, 2.45) is 5.73 Å². The van der Waals surface area contributed by atoms with Gasteiger partial charge in [0.2, 0.25) is 0 Å². The van der Waals surface area contributed by atoms with Crippen molar-refractivity contribution in [2.75, 3.05) is 6.54 Å². The third kappa shape index (κ3) is 4.96. The minimum absolute atomic E-state index is 0. The van der Waals surface area contributed by atoms with Crippen molar-refractivity contribution in [3.05, 3.63) is 39.4 Å². The van der Waals surface area contributed by atoms with E-state index in [1.807, 2.05) is 20.8 Å². The van der Waals surface area contributed by atoms with Gasteiger partial charge in [-0.1, -0.05) is 26.8 Å². The number of nitrogens with one attached hydrogen (secondary N) is 1. The number of benzene rings is 1. The number of halogens is 1. The van der Waals surface area contributed by atoms with E-state index in [-0.39, 0.29) is 29.6 Å². The first-order valence-electron chi connectivity index (χ1n) is 7.21. The minimum atomic E-state index is -0.457. The predicted octanol–water partition coefficient (Wildman–Crippen LogP) is 2.83. The lowest BCUT2D eigenvalue weighted by Crippen LogP contribution is -2.49. The normalized spacial score (nSPS) is 10.7. The summed E-state index contributed by atoms with van der Waals surface area (Å²) in [6, 6.07) is 4.56. The number of nitrogens with two attached hydrogens (primary N) is 1. The molecule has 1 aromatic carbocycles. The molecule has 1 amide bonds. The second-order valence-corrected chi connectivity index (χ2v) is 5.21. The van der Waals surface area contributed by atoms with E-state index < -0.39 is 10.5 Å². The Balaban J connectivity index is 0.00000441. The van der Waals surface area contributed by atoms with Gasteiger partial charge in [-0.2, -0.15) is 0 Å². The van der Waals surface area contributed by atoms with Gasteiger partial charge in [-0.25, -0.2) is 0 Å². The maximum Gasteiger partial charge on any atom is 0.273 e. The van der Waals surface area contributed by atoms with Crippen molar-refractivity contribution >= 4 is 24.0 Å². The number of nitro groups is 1. The van der Waals surface area contributed by atoms with Crippen LogP contribution in [-0.2, 0) is 6.42 Å². The second-order valence-electron chi connectivity index (χ2n) is 5.21. The highest BCUT2D eigenvalue weighted by atomic mass is 35.5. The van der Waals surface area contributed by atoms with Crippen LogP contribution < -0.4 is 11.1 Å². The summed E-state index contributed by atoms with van der Waals surface area (Å²) in [5.74, 6) is -0.336. The molecule has 0 aliphatic carbocycles. The number of hydrogen-bond donors (Lipinski definition) is 2. The van der Waals surface area contributed by atoms with Crippen LogP contribution in [0.15, 0.2) is 18.2 Å². The van der Waals surface area contributed by atoms with Crippen LogP contribution >= 0.6 is 12.4 Å². The van der Waals surface area contributed by atoms with Gasteiger partial charge in [-0.3, -0.25) is 14.9 Å². The van der Waals surface area contributed by atoms with Crippen molar-refractivity contribution in [3.8, 4) is 0 Å². The van der Waals surface area contributed by atoms with Crippen molar-refractivity contribution in [3.63, 3.8) is 0 Å². The third-order valence-electron chi connectivity index (χ3n) is 3.93. The molecule has 1 rings (SSSR count). The Hall–Kier alpha value is -1.66. The van der Waals surface area contributed by atoms with E-state index >= 15 is 0 Å². The van der Waals surface area contributed by atoms with Crippen LogP contribution in [0.2, 0.25) is 0 Å². The first-order valence-corrected chi connectivity index (χ1v) is 7.21. The fraction of sp³-hybridized carbons (Fsp3) is 0.533. The smallest absolute Gasteiger partial charge is 0.273 e. The van der Waals surface area contributed by atoms with E-state index in [2.05, 4.69) is 5.32 Å². The Bertz CT molecular complexity index is 531. The van der Waals surface area contributed by atoms with Gasteiger partial charge in [-0.05, 0) is 25.3 Å². The summed E-state index contributed by atoms with van der Waals surface area (Å²) >= 11 is 0. The average molecular weight is 330 g/mol. The van der Waals surface area contributed by atoms with E-state index in [1.54, 1.807) is 12.1 Å². The summed E-state index contributed by atoms with van der Waals surface area (Å²) in [5, 5.41) is 13.8. The monoisotopic (exact) mass is 329 g/mol. The van der Waals surface area contributed by atoms with Crippen LogP contribution in [0, 0.1) is 10.1 Å². The number of carbonyl (C=O) groups excluding carboxylic acids is 1. The fourth-order valence-electron chi connectivity index (χ4n) is 2.03. The van der Waals surface area contributed by atoms with Gasteiger partial charge >= 0.3 is 0 Å². The van der Waals surface area contributed by atoms with Gasteiger partial charge in [0.1, 0.15) is 0 Å². The molecule has 0 atom stereocenters. The SMILES string of the molecule is CCc1ccc(C(=O)NCC(N)(CC)CC)cc1[N+](=O)[O-].Cl. The highest BCUT2D eigenvalue weighted by Crippen LogP contribution is 2.21. The molecule has 0 heterocycles. The molecule has 124 valence electrons. The molecule has 0 unspecified atom stereocenters.